The van der Waals surface area contributed by atoms with Crippen LogP contribution >= 0.6 is 0 Å². The highest BCUT2D eigenvalue weighted by Gasteiger charge is 2.41. The van der Waals surface area contributed by atoms with Gasteiger partial charge in [-0.3, -0.25) is 9.69 Å². The van der Waals surface area contributed by atoms with Crippen molar-refractivity contribution in [2.24, 2.45) is 0 Å². The van der Waals surface area contributed by atoms with Crippen LogP contribution in [-0.2, 0) is 18.1 Å². The number of ether oxygens (including phenoxy) is 2. The molecular weight excluding hydrogens is 571 g/mol. The van der Waals surface area contributed by atoms with Gasteiger partial charge in [0.05, 0.1) is 16.5 Å². The number of hydrogen-bond donors (Lipinski definition) is 0. The largest absolute Gasteiger partial charge is 0.453 e. The first kappa shape index (κ1) is 31.3. The maximum absolute atomic E-state index is 14.4. The number of benzene rings is 3. The standard InChI is InChI=1S/C35H36F3NO5/c1-21-9-14-25(19-22(21)2)42-31-29(40)26-15-16-28(43-33(41)23-10-12-24(13-11-23)34(3,4)5)27(20-39-17-7-6-8-18-39)30(26)44-32(31)35(36,37)38/h9-16,19H,6-8,17-18,20H2,1-5H3. The number of carbonyl (C=O) groups is 1. The molecule has 0 N–H and O–H groups in total. The maximum atomic E-state index is 14.4. The Labute approximate surface area is 254 Å². The van der Waals surface area contributed by atoms with Crippen molar-refractivity contribution in [1.82, 2.24) is 4.90 Å². The average Bonchev–Trinajstić information content (AvgIpc) is 2.97. The Bertz CT molecular complexity index is 1740. The molecule has 1 saturated heterocycles. The number of aryl methyl sites for hydroxylation is 2. The minimum atomic E-state index is -5.04. The first-order valence-corrected chi connectivity index (χ1v) is 14.7. The molecule has 232 valence electrons. The first-order chi connectivity index (χ1) is 20.7. The molecule has 0 radical (unpaired) electrons. The molecule has 1 aliphatic rings. The summed E-state index contributed by atoms with van der Waals surface area (Å²) in [4.78, 5) is 28.9. The van der Waals surface area contributed by atoms with Gasteiger partial charge in [-0.1, -0.05) is 45.4 Å². The minimum absolute atomic E-state index is 0.0343. The topological polar surface area (TPSA) is 69.0 Å². The van der Waals surface area contributed by atoms with E-state index in [0.29, 0.717) is 13.1 Å². The quantitative estimate of drug-likeness (QED) is 0.161. The first-order valence-electron chi connectivity index (χ1n) is 14.7. The van der Waals surface area contributed by atoms with E-state index < -0.39 is 29.1 Å². The lowest BCUT2D eigenvalue weighted by Gasteiger charge is -2.27. The molecule has 3 aromatic carbocycles. The molecule has 44 heavy (non-hydrogen) atoms. The van der Waals surface area contributed by atoms with E-state index in [0.717, 1.165) is 36.0 Å². The zero-order chi connectivity index (χ0) is 31.8. The van der Waals surface area contributed by atoms with Crippen LogP contribution in [0.25, 0.3) is 11.0 Å². The van der Waals surface area contributed by atoms with Crippen LogP contribution in [0.4, 0.5) is 13.2 Å². The lowest BCUT2D eigenvalue weighted by molar-refractivity contribution is -0.154. The van der Waals surface area contributed by atoms with Crippen molar-refractivity contribution in [3.8, 4) is 17.2 Å². The molecule has 4 aromatic rings. The second-order valence-electron chi connectivity index (χ2n) is 12.4. The third-order valence-electron chi connectivity index (χ3n) is 8.05. The zero-order valence-electron chi connectivity index (χ0n) is 25.6. The summed E-state index contributed by atoms with van der Waals surface area (Å²) in [5.41, 5.74) is 1.88. The number of hydrogen-bond acceptors (Lipinski definition) is 6. The summed E-state index contributed by atoms with van der Waals surface area (Å²) >= 11 is 0. The van der Waals surface area contributed by atoms with Crippen molar-refractivity contribution < 1.29 is 31.9 Å². The van der Waals surface area contributed by atoms with Crippen molar-refractivity contribution in [1.29, 1.82) is 0 Å². The fraction of sp³-hybridized carbons (Fsp3) is 0.371. The highest BCUT2D eigenvalue weighted by molar-refractivity contribution is 5.92. The predicted molar refractivity (Wildman–Crippen MR) is 163 cm³/mol. The SMILES string of the molecule is Cc1ccc(Oc2c(C(F)(F)F)oc3c(CN4CCCCC4)c(OC(=O)c4ccc(C(C)(C)C)cc4)ccc3c2=O)cc1C. The molecule has 1 aliphatic heterocycles. The van der Waals surface area contributed by atoms with E-state index in [1.54, 1.807) is 31.2 Å². The Hall–Kier alpha value is -4.11. The molecule has 1 fully saturated rings. The van der Waals surface area contributed by atoms with Crippen LogP contribution in [-0.4, -0.2) is 24.0 Å². The van der Waals surface area contributed by atoms with Crippen LogP contribution in [0, 0.1) is 13.8 Å². The minimum Gasteiger partial charge on any atom is -0.449 e. The van der Waals surface area contributed by atoms with Crippen LogP contribution in [0.1, 0.15) is 78.4 Å². The summed E-state index contributed by atoms with van der Waals surface area (Å²) in [6, 6.07) is 14.5. The molecule has 0 atom stereocenters. The van der Waals surface area contributed by atoms with E-state index in [1.165, 1.54) is 18.2 Å². The Balaban J connectivity index is 1.62. The van der Waals surface area contributed by atoms with Crippen LogP contribution in [0.2, 0.25) is 0 Å². The van der Waals surface area contributed by atoms with Crippen LogP contribution in [0.15, 0.2) is 63.8 Å². The number of halogens is 3. The molecule has 0 spiro atoms. The van der Waals surface area contributed by atoms with Gasteiger partial charge in [0.25, 0.3) is 5.76 Å². The fourth-order valence-corrected chi connectivity index (χ4v) is 5.31. The van der Waals surface area contributed by atoms with Crippen molar-refractivity contribution in [3.63, 3.8) is 0 Å². The second kappa shape index (κ2) is 12.1. The monoisotopic (exact) mass is 607 g/mol. The number of nitrogens with zero attached hydrogens (tertiary/aromatic N) is 1. The van der Waals surface area contributed by atoms with Gasteiger partial charge in [0.15, 0.2) is 0 Å². The summed E-state index contributed by atoms with van der Waals surface area (Å²) in [6.45, 7) is 11.4. The van der Waals surface area contributed by atoms with E-state index in [9.17, 15) is 22.8 Å². The lowest BCUT2D eigenvalue weighted by Crippen LogP contribution is -2.29. The molecule has 0 aliphatic carbocycles. The maximum Gasteiger partial charge on any atom is 0.453 e. The zero-order valence-corrected chi connectivity index (χ0v) is 25.6. The van der Waals surface area contributed by atoms with E-state index >= 15 is 0 Å². The number of fused-ring (bicyclic) bond motifs is 1. The van der Waals surface area contributed by atoms with Gasteiger partial charge in [0.2, 0.25) is 11.2 Å². The molecular formula is C35H36F3NO5. The number of likely N-dealkylation sites (tertiary alicyclic amines) is 1. The molecule has 9 heteroatoms. The van der Waals surface area contributed by atoms with Gasteiger partial charge >= 0.3 is 12.1 Å². The van der Waals surface area contributed by atoms with Gasteiger partial charge < -0.3 is 13.9 Å². The Morgan fingerprint density at radius 1 is 0.909 bits per heavy atom. The molecule has 1 aromatic heterocycles. The van der Waals surface area contributed by atoms with Gasteiger partial charge in [0.1, 0.15) is 17.1 Å². The van der Waals surface area contributed by atoms with E-state index in [4.69, 9.17) is 13.9 Å². The average molecular weight is 608 g/mol. The van der Waals surface area contributed by atoms with Gasteiger partial charge in [-0.15, -0.1) is 0 Å². The summed E-state index contributed by atoms with van der Waals surface area (Å²) in [5, 5.41) is -0.0989. The molecule has 6 nitrogen and oxygen atoms in total. The molecule has 0 amide bonds. The van der Waals surface area contributed by atoms with Crippen molar-refractivity contribution in [3.05, 3.63) is 98.4 Å². The molecule has 2 heterocycles. The Morgan fingerprint density at radius 3 is 2.20 bits per heavy atom. The summed E-state index contributed by atoms with van der Waals surface area (Å²) in [6.07, 6.45) is -2.14. The van der Waals surface area contributed by atoms with Crippen molar-refractivity contribution >= 4 is 16.9 Å². The van der Waals surface area contributed by atoms with Gasteiger partial charge in [-0.05, 0) is 98.3 Å². The van der Waals surface area contributed by atoms with Crippen LogP contribution in [0.3, 0.4) is 0 Å². The highest BCUT2D eigenvalue weighted by atomic mass is 19.4. The number of piperidine rings is 1. The summed E-state index contributed by atoms with van der Waals surface area (Å²) in [7, 11) is 0. The highest BCUT2D eigenvalue weighted by Crippen LogP contribution is 2.41. The smallest absolute Gasteiger partial charge is 0.449 e. The fourth-order valence-electron chi connectivity index (χ4n) is 5.31. The lowest BCUT2D eigenvalue weighted by atomic mass is 9.87. The predicted octanol–water partition coefficient (Wildman–Crippen LogP) is 8.72. The molecule has 5 rings (SSSR count). The van der Waals surface area contributed by atoms with Crippen LogP contribution in [0.5, 0.6) is 17.2 Å². The third kappa shape index (κ3) is 6.68. The molecule has 0 saturated carbocycles. The number of esters is 1. The molecule has 0 unspecified atom stereocenters. The van der Waals surface area contributed by atoms with Crippen molar-refractivity contribution in [2.45, 2.75) is 72.0 Å². The second-order valence-corrected chi connectivity index (χ2v) is 12.4. The van der Waals surface area contributed by atoms with Crippen LogP contribution < -0.4 is 14.9 Å². The summed E-state index contributed by atoms with van der Waals surface area (Å²) in [5.74, 6) is -3.04. The van der Waals surface area contributed by atoms with Gasteiger partial charge in [0, 0.05) is 6.54 Å². The molecule has 0 bridgehead atoms. The normalized spacial score (nSPS) is 14.5. The van der Waals surface area contributed by atoms with Gasteiger partial charge in [-0.25, -0.2) is 4.79 Å². The van der Waals surface area contributed by atoms with E-state index in [1.807, 2.05) is 19.1 Å². The number of rotatable bonds is 6. The van der Waals surface area contributed by atoms with E-state index in [-0.39, 0.29) is 45.6 Å². The number of carbonyl (C=O) groups excluding carboxylic acids is 1. The third-order valence-corrected chi connectivity index (χ3v) is 8.05. The Kier molecular flexibility index (Phi) is 8.62. The number of alkyl halides is 3. The summed E-state index contributed by atoms with van der Waals surface area (Å²) < 4.78 is 60.2. The Morgan fingerprint density at radius 2 is 1.59 bits per heavy atom. The van der Waals surface area contributed by atoms with E-state index in [2.05, 4.69) is 25.7 Å². The van der Waals surface area contributed by atoms with Crippen molar-refractivity contribution in [2.75, 3.05) is 13.1 Å². The van der Waals surface area contributed by atoms with Gasteiger partial charge in [-0.2, -0.15) is 13.2 Å².